The molecule has 0 saturated carbocycles. The van der Waals surface area contributed by atoms with Crippen molar-refractivity contribution in [3.8, 4) is 0 Å². The molecule has 1 aromatic rings. The number of hydrogen-bond donors (Lipinski definition) is 0. The molecule has 0 aliphatic carbocycles. The number of aromatic nitrogens is 1. The van der Waals surface area contributed by atoms with E-state index in [1.807, 2.05) is 6.92 Å². The minimum Gasteiger partial charge on any atom is -0.464 e. The predicted octanol–water partition coefficient (Wildman–Crippen LogP) is 2.13. The lowest BCUT2D eigenvalue weighted by Gasteiger charge is -2.27. The van der Waals surface area contributed by atoms with Gasteiger partial charge in [0.25, 0.3) is 5.91 Å². The van der Waals surface area contributed by atoms with Crippen LogP contribution < -0.4 is 0 Å². The minimum atomic E-state index is -0.711. The molecule has 1 amide bonds. The van der Waals surface area contributed by atoms with E-state index < -0.39 is 29.1 Å². The molecule has 1 aromatic heterocycles. The molecule has 0 aromatic carbocycles. The first kappa shape index (κ1) is 17.2. The minimum absolute atomic E-state index is 0.0550. The summed E-state index contributed by atoms with van der Waals surface area (Å²) in [6.07, 6.45) is 3.08. The molecule has 7 heteroatoms. The Morgan fingerprint density at radius 1 is 1.43 bits per heavy atom. The standard InChI is InChI=1S/C16H22N2O5/c1-5-16(2,3)13(19)14(20)18-8-6-7-10(18)12-11(15(21)22-4)17-9-23-12/h9-10H,5-8H2,1-4H3/t10-/m0/s1. The van der Waals surface area contributed by atoms with Gasteiger partial charge in [-0.3, -0.25) is 9.59 Å². The second kappa shape index (κ2) is 6.52. The number of amides is 1. The fourth-order valence-corrected chi connectivity index (χ4v) is 2.60. The van der Waals surface area contributed by atoms with Crippen molar-refractivity contribution in [1.29, 1.82) is 0 Å². The molecule has 0 bridgehead atoms. The molecule has 0 spiro atoms. The zero-order valence-corrected chi connectivity index (χ0v) is 13.9. The fourth-order valence-electron chi connectivity index (χ4n) is 2.60. The van der Waals surface area contributed by atoms with Gasteiger partial charge in [0.2, 0.25) is 5.78 Å². The highest BCUT2D eigenvalue weighted by Gasteiger charge is 2.41. The summed E-state index contributed by atoms with van der Waals surface area (Å²) in [5.74, 6) is -1.30. The van der Waals surface area contributed by atoms with Crippen LogP contribution in [0.25, 0.3) is 0 Å². The SMILES string of the molecule is CCC(C)(C)C(=O)C(=O)N1CCC[C@H]1c1ocnc1C(=O)OC. The zero-order chi connectivity index (χ0) is 17.2. The van der Waals surface area contributed by atoms with Crippen molar-refractivity contribution in [3.05, 3.63) is 17.8 Å². The molecule has 2 rings (SSSR count). The van der Waals surface area contributed by atoms with Gasteiger partial charge in [0, 0.05) is 12.0 Å². The van der Waals surface area contributed by atoms with Gasteiger partial charge in [0.05, 0.1) is 13.2 Å². The number of ether oxygens (including phenoxy) is 1. The van der Waals surface area contributed by atoms with Crippen molar-refractivity contribution in [1.82, 2.24) is 9.88 Å². The third kappa shape index (κ3) is 3.13. The van der Waals surface area contributed by atoms with E-state index in [-0.39, 0.29) is 11.5 Å². The summed E-state index contributed by atoms with van der Waals surface area (Å²) in [7, 11) is 1.26. The van der Waals surface area contributed by atoms with Crippen LogP contribution in [-0.2, 0) is 14.3 Å². The largest absolute Gasteiger partial charge is 0.464 e. The molecule has 7 nitrogen and oxygen atoms in total. The summed E-state index contributed by atoms with van der Waals surface area (Å²) >= 11 is 0. The number of Topliss-reactive ketones (excluding diaryl/α,β-unsaturated/α-hetero) is 1. The zero-order valence-electron chi connectivity index (χ0n) is 13.9. The monoisotopic (exact) mass is 322 g/mol. The Bertz CT molecular complexity index is 620. The summed E-state index contributed by atoms with van der Waals surface area (Å²) in [5, 5.41) is 0. The quantitative estimate of drug-likeness (QED) is 0.609. The van der Waals surface area contributed by atoms with Gasteiger partial charge in [-0.15, -0.1) is 0 Å². The van der Waals surface area contributed by atoms with Gasteiger partial charge in [0.15, 0.2) is 17.8 Å². The van der Waals surface area contributed by atoms with E-state index in [2.05, 4.69) is 9.72 Å². The number of methoxy groups -OCH3 is 1. The second-order valence-corrected chi connectivity index (χ2v) is 6.28. The van der Waals surface area contributed by atoms with Crippen LogP contribution in [0.2, 0.25) is 0 Å². The first-order valence-corrected chi connectivity index (χ1v) is 7.70. The van der Waals surface area contributed by atoms with Crippen molar-refractivity contribution in [2.45, 2.75) is 46.1 Å². The molecular weight excluding hydrogens is 300 g/mol. The van der Waals surface area contributed by atoms with Crippen LogP contribution in [0.5, 0.6) is 0 Å². The Balaban J connectivity index is 2.28. The van der Waals surface area contributed by atoms with Gasteiger partial charge in [0.1, 0.15) is 0 Å². The number of carbonyl (C=O) groups excluding carboxylic acids is 3. The number of ketones is 1. The Labute approximate surface area is 135 Å². The van der Waals surface area contributed by atoms with E-state index in [0.29, 0.717) is 19.4 Å². The molecule has 0 radical (unpaired) electrons. The summed E-state index contributed by atoms with van der Waals surface area (Å²) in [5.41, 5.74) is -0.656. The number of oxazole rings is 1. The lowest BCUT2D eigenvalue weighted by Crippen LogP contribution is -2.42. The van der Waals surface area contributed by atoms with Gasteiger partial charge in [-0.1, -0.05) is 20.8 Å². The van der Waals surface area contributed by atoms with E-state index in [0.717, 1.165) is 12.8 Å². The molecule has 1 fully saturated rings. The lowest BCUT2D eigenvalue weighted by molar-refractivity contribution is -0.150. The van der Waals surface area contributed by atoms with E-state index in [1.54, 1.807) is 13.8 Å². The molecular formula is C16H22N2O5. The highest BCUT2D eigenvalue weighted by atomic mass is 16.5. The first-order valence-electron chi connectivity index (χ1n) is 7.70. The van der Waals surface area contributed by atoms with Gasteiger partial charge >= 0.3 is 5.97 Å². The summed E-state index contributed by atoms with van der Waals surface area (Å²) in [6, 6.07) is -0.462. The second-order valence-electron chi connectivity index (χ2n) is 6.28. The van der Waals surface area contributed by atoms with Crippen molar-refractivity contribution in [2.24, 2.45) is 5.41 Å². The summed E-state index contributed by atoms with van der Waals surface area (Å²) in [6.45, 7) is 5.84. The molecule has 0 N–H and O–H groups in total. The van der Waals surface area contributed by atoms with Crippen LogP contribution in [-0.4, -0.2) is 41.2 Å². The van der Waals surface area contributed by atoms with Crippen LogP contribution in [0, 0.1) is 5.41 Å². The Morgan fingerprint density at radius 3 is 2.74 bits per heavy atom. The van der Waals surface area contributed by atoms with Crippen molar-refractivity contribution < 1.29 is 23.5 Å². The Hall–Kier alpha value is -2.18. The average molecular weight is 322 g/mol. The van der Waals surface area contributed by atoms with E-state index in [4.69, 9.17) is 4.42 Å². The molecule has 1 aliphatic rings. The molecule has 0 unspecified atom stereocenters. The number of carbonyl (C=O) groups is 3. The number of rotatable bonds is 5. The van der Waals surface area contributed by atoms with Crippen LogP contribution >= 0.6 is 0 Å². The van der Waals surface area contributed by atoms with Crippen molar-refractivity contribution >= 4 is 17.7 Å². The average Bonchev–Trinajstić information content (AvgIpc) is 3.20. The molecule has 1 saturated heterocycles. The predicted molar refractivity (Wildman–Crippen MR) is 80.6 cm³/mol. The Morgan fingerprint density at radius 2 is 2.13 bits per heavy atom. The summed E-state index contributed by atoms with van der Waals surface area (Å²) < 4.78 is 10.0. The number of hydrogen-bond acceptors (Lipinski definition) is 6. The fraction of sp³-hybridized carbons (Fsp3) is 0.625. The maximum absolute atomic E-state index is 12.6. The highest BCUT2D eigenvalue weighted by Crippen LogP contribution is 2.35. The van der Waals surface area contributed by atoms with Gasteiger partial charge in [-0.05, 0) is 19.3 Å². The first-order chi connectivity index (χ1) is 10.8. The van der Waals surface area contributed by atoms with Crippen molar-refractivity contribution in [2.75, 3.05) is 13.7 Å². The third-order valence-corrected chi connectivity index (χ3v) is 4.48. The molecule has 1 aliphatic heterocycles. The third-order valence-electron chi connectivity index (χ3n) is 4.48. The van der Waals surface area contributed by atoms with Crippen LogP contribution in [0.4, 0.5) is 0 Å². The van der Waals surface area contributed by atoms with Gasteiger partial charge in [-0.2, -0.15) is 0 Å². The van der Waals surface area contributed by atoms with Gasteiger partial charge in [-0.25, -0.2) is 9.78 Å². The molecule has 2 heterocycles. The number of esters is 1. The van der Waals surface area contributed by atoms with Crippen LogP contribution in [0.15, 0.2) is 10.8 Å². The molecule has 1 atom stereocenters. The van der Waals surface area contributed by atoms with Crippen molar-refractivity contribution in [3.63, 3.8) is 0 Å². The van der Waals surface area contributed by atoms with E-state index >= 15 is 0 Å². The number of likely N-dealkylation sites (tertiary alicyclic amines) is 1. The normalized spacial score (nSPS) is 18.1. The summed E-state index contributed by atoms with van der Waals surface area (Å²) in [4.78, 5) is 42.2. The maximum Gasteiger partial charge on any atom is 0.360 e. The Kier molecular flexibility index (Phi) is 4.87. The molecule has 23 heavy (non-hydrogen) atoms. The highest BCUT2D eigenvalue weighted by molar-refractivity contribution is 6.38. The topological polar surface area (TPSA) is 89.7 Å². The maximum atomic E-state index is 12.6. The van der Waals surface area contributed by atoms with E-state index in [1.165, 1.54) is 12.0 Å². The lowest BCUT2D eigenvalue weighted by atomic mass is 9.84. The van der Waals surface area contributed by atoms with Crippen LogP contribution in [0.1, 0.15) is 62.3 Å². The van der Waals surface area contributed by atoms with Gasteiger partial charge < -0.3 is 14.1 Å². The van der Waals surface area contributed by atoms with Crippen LogP contribution in [0.3, 0.4) is 0 Å². The van der Waals surface area contributed by atoms with E-state index in [9.17, 15) is 14.4 Å². The molecule has 126 valence electrons. The number of nitrogens with zero attached hydrogens (tertiary/aromatic N) is 2. The smallest absolute Gasteiger partial charge is 0.360 e.